The summed E-state index contributed by atoms with van der Waals surface area (Å²) in [5.74, 6) is 1.06. The van der Waals surface area contributed by atoms with Crippen molar-refractivity contribution in [3.8, 4) is 5.75 Å². The van der Waals surface area contributed by atoms with Crippen molar-refractivity contribution in [3.63, 3.8) is 0 Å². The van der Waals surface area contributed by atoms with Gasteiger partial charge in [0.1, 0.15) is 17.9 Å². The number of benzene rings is 2. The third kappa shape index (κ3) is 4.49. The van der Waals surface area contributed by atoms with E-state index in [1.807, 2.05) is 51.1 Å². The number of rotatable bonds is 5. The molecule has 30 heavy (non-hydrogen) atoms. The summed E-state index contributed by atoms with van der Waals surface area (Å²) in [6, 6.07) is 16.3. The largest absolute Gasteiger partial charge is 0.489 e. The highest BCUT2D eigenvalue weighted by Gasteiger charge is 2.21. The van der Waals surface area contributed by atoms with Gasteiger partial charge in [0.2, 0.25) is 5.89 Å². The van der Waals surface area contributed by atoms with Crippen LogP contribution in [0.3, 0.4) is 0 Å². The quantitative estimate of drug-likeness (QED) is 0.488. The minimum absolute atomic E-state index is 0.182. The Morgan fingerprint density at radius 2 is 1.97 bits per heavy atom. The number of ether oxygens (including phenoxy) is 1. The molecule has 0 spiro atoms. The number of anilines is 1. The molecule has 0 aliphatic rings. The zero-order chi connectivity index (χ0) is 21.1. The summed E-state index contributed by atoms with van der Waals surface area (Å²) in [6.45, 7) is 6.52. The molecule has 4 aromatic rings. The first-order valence-electron chi connectivity index (χ1n) is 9.73. The number of oxazole rings is 1. The van der Waals surface area contributed by atoms with Gasteiger partial charge in [0.15, 0.2) is 5.58 Å². The van der Waals surface area contributed by atoms with E-state index >= 15 is 0 Å². The maximum atomic E-state index is 12.7. The van der Waals surface area contributed by atoms with Gasteiger partial charge >= 0.3 is 0 Å². The molecule has 1 amide bonds. The molecule has 0 aliphatic carbocycles. The van der Waals surface area contributed by atoms with Crippen LogP contribution in [0.25, 0.3) is 11.1 Å². The Bertz CT molecular complexity index is 1180. The van der Waals surface area contributed by atoms with E-state index in [2.05, 4.69) is 15.3 Å². The molecular weight excluding hydrogens is 378 g/mol. The molecule has 6 heteroatoms. The molecule has 1 N–H and O–H groups in total. The second-order valence-corrected chi connectivity index (χ2v) is 8.08. The lowest BCUT2D eigenvalue weighted by Gasteiger charge is -2.11. The average molecular weight is 401 g/mol. The first-order valence-corrected chi connectivity index (χ1v) is 9.73. The second kappa shape index (κ2) is 7.99. The summed E-state index contributed by atoms with van der Waals surface area (Å²) in [6.07, 6.45) is 3.47. The van der Waals surface area contributed by atoms with E-state index < -0.39 is 0 Å². The zero-order valence-electron chi connectivity index (χ0n) is 17.2. The molecule has 2 aromatic carbocycles. The van der Waals surface area contributed by atoms with Gasteiger partial charge in [-0.25, -0.2) is 4.98 Å². The molecule has 0 unspecified atom stereocenters. The van der Waals surface area contributed by atoms with Crippen LogP contribution in [0.15, 0.2) is 71.4 Å². The maximum Gasteiger partial charge on any atom is 0.255 e. The number of fused-ring (bicyclic) bond motifs is 1. The fourth-order valence-electron chi connectivity index (χ4n) is 2.91. The van der Waals surface area contributed by atoms with E-state index in [0.29, 0.717) is 40.6 Å². The van der Waals surface area contributed by atoms with Gasteiger partial charge in [-0.15, -0.1) is 0 Å². The molecule has 0 saturated heterocycles. The lowest BCUT2D eigenvalue weighted by Crippen LogP contribution is -2.12. The summed E-state index contributed by atoms with van der Waals surface area (Å²) < 4.78 is 11.6. The van der Waals surface area contributed by atoms with Crippen LogP contribution in [0.4, 0.5) is 5.69 Å². The Morgan fingerprint density at radius 1 is 1.10 bits per heavy atom. The smallest absolute Gasteiger partial charge is 0.255 e. The number of nitrogens with one attached hydrogen (secondary N) is 1. The van der Waals surface area contributed by atoms with Gasteiger partial charge in [0, 0.05) is 34.6 Å². The topological polar surface area (TPSA) is 77.2 Å². The van der Waals surface area contributed by atoms with Crippen molar-refractivity contribution in [3.05, 3.63) is 84.0 Å². The van der Waals surface area contributed by atoms with E-state index in [0.717, 1.165) is 5.56 Å². The summed E-state index contributed by atoms with van der Waals surface area (Å²) in [5, 5.41) is 2.91. The molecule has 2 aromatic heterocycles. The molecule has 0 atom stereocenters. The Kier molecular flexibility index (Phi) is 5.23. The SMILES string of the molecule is CC(C)(C)c1nc2cc(NC(=O)c3cccc(OCc4cccnc4)c3)ccc2o1. The van der Waals surface area contributed by atoms with Gasteiger partial charge < -0.3 is 14.5 Å². The van der Waals surface area contributed by atoms with Crippen LogP contribution in [-0.2, 0) is 12.0 Å². The Morgan fingerprint density at radius 3 is 2.73 bits per heavy atom. The van der Waals surface area contributed by atoms with Crippen LogP contribution >= 0.6 is 0 Å². The van der Waals surface area contributed by atoms with Crippen molar-refractivity contribution < 1.29 is 13.9 Å². The van der Waals surface area contributed by atoms with E-state index in [4.69, 9.17) is 9.15 Å². The number of nitrogens with zero attached hydrogens (tertiary/aromatic N) is 2. The molecule has 6 nitrogen and oxygen atoms in total. The number of carbonyl (C=O) groups is 1. The molecule has 0 radical (unpaired) electrons. The number of hydrogen-bond acceptors (Lipinski definition) is 5. The molecule has 2 heterocycles. The van der Waals surface area contributed by atoms with E-state index in [1.54, 1.807) is 36.7 Å². The van der Waals surface area contributed by atoms with Crippen molar-refractivity contribution in [2.75, 3.05) is 5.32 Å². The van der Waals surface area contributed by atoms with E-state index in [1.165, 1.54) is 0 Å². The molecule has 0 saturated carbocycles. The van der Waals surface area contributed by atoms with E-state index in [-0.39, 0.29) is 11.3 Å². The Labute approximate surface area is 174 Å². The van der Waals surface area contributed by atoms with Crippen molar-refractivity contribution in [2.24, 2.45) is 0 Å². The molecule has 0 fully saturated rings. The third-order valence-electron chi connectivity index (χ3n) is 4.51. The van der Waals surface area contributed by atoms with Crippen molar-refractivity contribution in [2.45, 2.75) is 32.8 Å². The third-order valence-corrected chi connectivity index (χ3v) is 4.51. The van der Waals surface area contributed by atoms with Gasteiger partial charge in [-0.1, -0.05) is 32.9 Å². The molecule has 4 rings (SSSR count). The van der Waals surface area contributed by atoms with Gasteiger partial charge in [-0.05, 0) is 42.5 Å². The van der Waals surface area contributed by atoms with Crippen LogP contribution in [0.2, 0.25) is 0 Å². The fourth-order valence-corrected chi connectivity index (χ4v) is 2.91. The zero-order valence-corrected chi connectivity index (χ0v) is 17.2. The summed E-state index contributed by atoms with van der Waals surface area (Å²) in [5.41, 5.74) is 3.36. The fraction of sp³-hybridized carbons (Fsp3) is 0.208. The molecule has 0 bridgehead atoms. The maximum absolute atomic E-state index is 12.7. The first-order chi connectivity index (χ1) is 14.4. The minimum Gasteiger partial charge on any atom is -0.489 e. The van der Waals surface area contributed by atoms with Crippen LogP contribution in [0.5, 0.6) is 5.75 Å². The lowest BCUT2D eigenvalue weighted by molar-refractivity contribution is 0.102. The van der Waals surface area contributed by atoms with Crippen LogP contribution in [0.1, 0.15) is 42.6 Å². The van der Waals surface area contributed by atoms with Gasteiger partial charge in [-0.3, -0.25) is 9.78 Å². The molecular formula is C24H23N3O3. The normalized spacial score (nSPS) is 11.4. The van der Waals surface area contributed by atoms with Crippen molar-refractivity contribution in [1.82, 2.24) is 9.97 Å². The van der Waals surface area contributed by atoms with Crippen LogP contribution in [-0.4, -0.2) is 15.9 Å². The molecule has 0 aliphatic heterocycles. The Balaban J connectivity index is 1.47. The highest BCUT2D eigenvalue weighted by molar-refractivity contribution is 6.05. The predicted octanol–water partition coefficient (Wildman–Crippen LogP) is 5.35. The average Bonchev–Trinajstić information content (AvgIpc) is 3.17. The van der Waals surface area contributed by atoms with Crippen molar-refractivity contribution in [1.29, 1.82) is 0 Å². The predicted molar refractivity (Wildman–Crippen MR) is 116 cm³/mol. The highest BCUT2D eigenvalue weighted by Crippen LogP contribution is 2.27. The van der Waals surface area contributed by atoms with Crippen molar-refractivity contribution >= 4 is 22.7 Å². The Hall–Kier alpha value is -3.67. The number of carbonyl (C=O) groups excluding carboxylic acids is 1. The van der Waals surface area contributed by atoms with Crippen LogP contribution < -0.4 is 10.1 Å². The summed E-state index contributed by atoms with van der Waals surface area (Å²) in [4.78, 5) is 21.3. The van der Waals surface area contributed by atoms with Gasteiger partial charge in [0.05, 0.1) is 0 Å². The number of pyridine rings is 1. The highest BCUT2D eigenvalue weighted by atomic mass is 16.5. The monoisotopic (exact) mass is 401 g/mol. The second-order valence-electron chi connectivity index (χ2n) is 8.08. The first kappa shape index (κ1) is 19.6. The van der Waals surface area contributed by atoms with Crippen LogP contribution in [0, 0.1) is 0 Å². The summed E-state index contributed by atoms with van der Waals surface area (Å²) in [7, 11) is 0. The lowest BCUT2D eigenvalue weighted by atomic mass is 9.97. The van der Waals surface area contributed by atoms with E-state index in [9.17, 15) is 4.79 Å². The standard InChI is InChI=1S/C24H23N3O3/c1-24(2,3)23-27-20-13-18(9-10-21(20)30-23)26-22(28)17-7-4-8-19(12-17)29-15-16-6-5-11-25-14-16/h4-14H,15H2,1-3H3,(H,26,28). The molecule has 152 valence electrons. The number of hydrogen-bond donors (Lipinski definition) is 1. The number of amides is 1. The minimum atomic E-state index is -0.222. The summed E-state index contributed by atoms with van der Waals surface area (Å²) >= 11 is 0. The van der Waals surface area contributed by atoms with Gasteiger partial charge in [0.25, 0.3) is 5.91 Å². The number of aromatic nitrogens is 2. The van der Waals surface area contributed by atoms with Gasteiger partial charge in [-0.2, -0.15) is 0 Å².